The van der Waals surface area contributed by atoms with Crippen molar-refractivity contribution >= 4 is 0 Å². The molecule has 0 aliphatic rings. The highest BCUT2D eigenvalue weighted by Crippen LogP contribution is 2.28. The smallest absolute Gasteiger partial charge is 0.417 e. The molecule has 2 nitrogen and oxygen atoms in total. The monoisotopic (exact) mass is 201 g/mol. The summed E-state index contributed by atoms with van der Waals surface area (Å²) in [6, 6.07) is 2.01. The molecule has 0 bridgehead atoms. The van der Waals surface area contributed by atoms with E-state index in [1.807, 2.05) is 0 Å². The fourth-order valence-corrected chi connectivity index (χ4v) is 0.749. The van der Waals surface area contributed by atoms with Crippen molar-refractivity contribution in [2.45, 2.75) is 6.18 Å². The Balaban J connectivity index is 2.75. The topological polar surface area (TPSA) is 22.1 Å². The van der Waals surface area contributed by atoms with Crippen LogP contribution in [0, 0.1) is 12.3 Å². The second-order valence-electron chi connectivity index (χ2n) is 2.38. The van der Waals surface area contributed by atoms with Crippen LogP contribution in [0.4, 0.5) is 13.2 Å². The van der Waals surface area contributed by atoms with Gasteiger partial charge in [-0.3, -0.25) is 0 Å². The van der Waals surface area contributed by atoms with Gasteiger partial charge >= 0.3 is 6.18 Å². The van der Waals surface area contributed by atoms with Gasteiger partial charge in [-0.05, 0) is 6.07 Å². The van der Waals surface area contributed by atoms with E-state index in [0.717, 1.165) is 12.1 Å². The minimum atomic E-state index is -4.38. The van der Waals surface area contributed by atoms with Crippen molar-refractivity contribution in [3.05, 3.63) is 23.9 Å². The molecule has 14 heavy (non-hydrogen) atoms. The Morgan fingerprint density at radius 2 is 2.14 bits per heavy atom. The number of nitrogens with zero attached hydrogens (tertiary/aromatic N) is 1. The average molecular weight is 201 g/mol. The summed E-state index contributed by atoms with van der Waals surface area (Å²) in [6.07, 6.45) is 1.22. The molecule has 0 aliphatic carbocycles. The van der Waals surface area contributed by atoms with E-state index in [9.17, 15) is 13.2 Å². The molecule has 5 heteroatoms. The number of aromatic nitrogens is 1. The third-order valence-corrected chi connectivity index (χ3v) is 1.37. The molecule has 0 radical (unpaired) electrons. The standard InChI is InChI=1S/C9H6F3NO/c1-2-5-14-8-4-3-7(6-13-8)9(10,11)12/h1,3-4,6H,5H2. The van der Waals surface area contributed by atoms with E-state index in [0.29, 0.717) is 6.20 Å². The quantitative estimate of drug-likeness (QED) is 0.683. The lowest BCUT2D eigenvalue weighted by Gasteiger charge is -2.06. The highest BCUT2D eigenvalue weighted by atomic mass is 19.4. The van der Waals surface area contributed by atoms with E-state index >= 15 is 0 Å². The van der Waals surface area contributed by atoms with Crippen molar-refractivity contribution < 1.29 is 17.9 Å². The third-order valence-electron chi connectivity index (χ3n) is 1.37. The predicted molar refractivity (Wildman–Crippen MR) is 43.6 cm³/mol. The zero-order valence-corrected chi connectivity index (χ0v) is 7.01. The lowest BCUT2D eigenvalue weighted by atomic mass is 10.3. The predicted octanol–water partition coefficient (Wildman–Crippen LogP) is 2.11. The number of rotatable bonds is 2. The molecule has 0 saturated heterocycles. The third kappa shape index (κ3) is 2.66. The van der Waals surface area contributed by atoms with Gasteiger partial charge in [0.2, 0.25) is 5.88 Å². The van der Waals surface area contributed by atoms with Crippen LogP contribution in [0.3, 0.4) is 0 Å². The molecule has 1 heterocycles. The molecule has 0 aliphatic heterocycles. The maximum Gasteiger partial charge on any atom is 0.417 e. The summed E-state index contributed by atoms with van der Waals surface area (Å²) >= 11 is 0. The first-order valence-corrected chi connectivity index (χ1v) is 3.63. The van der Waals surface area contributed by atoms with Crippen molar-refractivity contribution in [2.24, 2.45) is 0 Å². The summed E-state index contributed by atoms with van der Waals surface area (Å²) in [5, 5.41) is 0. The fraction of sp³-hybridized carbons (Fsp3) is 0.222. The van der Waals surface area contributed by atoms with Crippen LogP contribution in [0.1, 0.15) is 5.56 Å². The summed E-state index contributed by atoms with van der Waals surface area (Å²) in [5.74, 6) is 2.26. The van der Waals surface area contributed by atoms with Gasteiger partial charge in [0, 0.05) is 12.3 Å². The van der Waals surface area contributed by atoms with E-state index in [1.165, 1.54) is 0 Å². The lowest BCUT2D eigenvalue weighted by molar-refractivity contribution is -0.137. The van der Waals surface area contributed by atoms with Crippen molar-refractivity contribution in [2.75, 3.05) is 6.61 Å². The number of halogens is 3. The first-order valence-electron chi connectivity index (χ1n) is 3.63. The number of hydrogen-bond donors (Lipinski definition) is 0. The maximum atomic E-state index is 12.1. The zero-order chi connectivity index (χ0) is 10.6. The summed E-state index contributed by atoms with van der Waals surface area (Å²) in [6.45, 7) is -0.0155. The van der Waals surface area contributed by atoms with Gasteiger partial charge in [-0.2, -0.15) is 13.2 Å². The van der Waals surface area contributed by atoms with Crippen LogP contribution < -0.4 is 4.74 Å². The van der Waals surface area contributed by atoms with Crippen molar-refractivity contribution in [1.82, 2.24) is 4.98 Å². The molecule has 1 aromatic heterocycles. The van der Waals surface area contributed by atoms with Gasteiger partial charge < -0.3 is 4.74 Å². The molecule has 0 aromatic carbocycles. The van der Waals surface area contributed by atoms with Crippen molar-refractivity contribution in [3.8, 4) is 18.2 Å². The maximum absolute atomic E-state index is 12.1. The van der Waals surface area contributed by atoms with Crippen LogP contribution in [-0.2, 0) is 6.18 Å². The van der Waals surface area contributed by atoms with Crippen LogP contribution >= 0.6 is 0 Å². The largest absolute Gasteiger partial charge is 0.464 e. The Labute approximate surface area is 78.7 Å². The molecule has 74 valence electrons. The highest BCUT2D eigenvalue weighted by Gasteiger charge is 2.30. The average Bonchev–Trinajstić information content (AvgIpc) is 2.14. The van der Waals surface area contributed by atoms with Gasteiger partial charge in [-0.1, -0.05) is 5.92 Å². The Bertz CT molecular complexity index is 337. The molecule has 0 spiro atoms. The second-order valence-corrected chi connectivity index (χ2v) is 2.38. The Morgan fingerprint density at radius 1 is 1.43 bits per heavy atom. The van der Waals surface area contributed by atoms with Gasteiger partial charge in [-0.15, -0.1) is 6.42 Å². The summed E-state index contributed by atoms with van der Waals surface area (Å²) in [5.41, 5.74) is -0.814. The molecule has 0 fully saturated rings. The fourth-order valence-electron chi connectivity index (χ4n) is 0.749. The number of pyridine rings is 1. The number of alkyl halides is 3. The van der Waals surface area contributed by atoms with E-state index in [-0.39, 0.29) is 12.5 Å². The normalized spacial score (nSPS) is 10.7. The second kappa shape index (κ2) is 4.01. The molecular formula is C9H6F3NO. The van der Waals surface area contributed by atoms with E-state index in [1.54, 1.807) is 0 Å². The lowest BCUT2D eigenvalue weighted by Crippen LogP contribution is -2.05. The molecule has 1 rings (SSSR count). The van der Waals surface area contributed by atoms with E-state index in [2.05, 4.69) is 10.9 Å². The van der Waals surface area contributed by atoms with Crippen LogP contribution in [0.25, 0.3) is 0 Å². The molecule has 0 unspecified atom stereocenters. The Morgan fingerprint density at radius 3 is 2.57 bits per heavy atom. The van der Waals surface area contributed by atoms with Gasteiger partial charge in [0.15, 0.2) is 6.61 Å². The van der Waals surface area contributed by atoms with Crippen LogP contribution in [0.15, 0.2) is 18.3 Å². The SMILES string of the molecule is C#CCOc1ccc(C(F)(F)F)cn1. The van der Waals surface area contributed by atoms with Gasteiger partial charge in [-0.25, -0.2) is 4.98 Å². The van der Waals surface area contributed by atoms with Gasteiger partial charge in [0.05, 0.1) is 5.56 Å². The van der Waals surface area contributed by atoms with Crippen LogP contribution in [0.2, 0.25) is 0 Å². The minimum Gasteiger partial charge on any atom is -0.464 e. The first-order chi connectivity index (χ1) is 6.54. The summed E-state index contributed by atoms with van der Waals surface area (Å²) < 4.78 is 41.0. The van der Waals surface area contributed by atoms with E-state index in [4.69, 9.17) is 11.2 Å². The minimum absolute atomic E-state index is 0.0155. The highest BCUT2D eigenvalue weighted by molar-refractivity contribution is 5.20. The van der Waals surface area contributed by atoms with Crippen molar-refractivity contribution in [1.29, 1.82) is 0 Å². The molecule has 0 N–H and O–H groups in total. The number of terminal acetylenes is 1. The summed E-state index contributed by atoms with van der Waals surface area (Å²) in [7, 11) is 0. The zero-order valence-electron chi connectivity index (χ0n) is 7.01. The van der Waals surface area contributed by atoms with Crippen LogP contribution in [0.5, 0.6) is 5.88 Å². The molecular weight excluding hydrogens is 195 g/mol. The molecule has 0 amide bonds. The Hall–Kier alpha value is -1.70. The van der Waals surface area contributed by atoms with Crippen LogP contribution in [-0.4, -0.2) is 11.6 Å². The molecule has 1 aromatic rings. The summed E-state index contributed by atoms with van der Waals surface area (Å²) in [4.78, 5) is 3.44. The first kappa shape index (κ1) is 10.4. The number of hydrogen-bond acceptors (Lipinski definition) is 2. The van der Waals surface area contributed by atoms with E-state index < -0.39 is 11.7 Å². The molecule has 0 saturated carbocycles. The molecule has 0 atom stereocenters. The Kier molecular flexibility index (Phi) is 2.97. The van der Waals surface area contributed by atoms with Gasteiger partial charge in [0.1, 0.15) is 0 Å². The van der Waals surface area contributed by atoms with Gasteiger partial charge in [0.25, 0.3) is 0 Å². The number of ether oxygens (including phenoxy) is 1. The van der Waals surface area contributed by atoms with Crippen molar-refractivity contribution in [3.63, 3.8) is 0 Å².